The lowest BCUT2D eigenvalue weighted by atomic mass is 10.1. The van der Waals surface area contributed by atoms with Gasteiger partial charge in [-0.3, -0.25) is 4.79 Å². The first-order valence-electron chi connectivity index (χ1n) is 9.19. The van der Waals surface area contributed by atoms with Gasteiger partial charge in [-0.15, -0.1) is 0 Å². The molecule has 0 radical (unpaired) electrons. The summed E-state index contributed by atoms with van der Waals surface area (Å²) in [7, 11) is 0. The molecule has 0 spiro atoms. The molecular weight excluding hydrogens is 366 g/mol. The fourth-order valence-corrected chi connectivity index (χ4v) is 2.64. The second kappa shape index (κ2) is 9.36. The number of aromatic nitrogens is 1. The highest BCUT2D eigenvalue weighted by molar-refractivity contribution is 6.04. The zero-order chi connectivity index (χ0) is 20.6. The minimum atomic E-state index is -0.248. The van der Waals surface area contributed by atoms with Gasteiger partial charge in [0.25, 0.3) is 5.91 Å². The molecule has 7 nitrogen and oxygen atoms in total. The van der Waals surface area contributed by atoms with Gasteiger partial charge in [-0.2, -0.15) is 0 Å². The number of pyridine rings is 1. The number of nitrogens with two attached hydrogens (primary N) is 1. The van der Waals surface area contributed by atoms with Crippen molar-refractivity contribution in [3.05, 3.63) is 89.1 Å². The maximum absolute atomic E-state index is 12.3. The summed E-state index contributed by atoms with van der Waals surface area (Å²) in [5, 5.41) is 8.39. The van der Waals surface area contributed by atoms with Gasteiger partial charge in [-0.25, -0.2) is 9.78 Å². The molecule has 3 aromatic rings. The molecule has 0 fully saturated rings. The number of hydrogen-bond acceptors (Lipinski definition) is 4. The Morgan fingerprint density at radius 1 is 0.897 bits per heavy atom. The average molecular weight is 389 g/mol. The highest BCUT2D eigenvalue weighted by Crippen LogP contribution is 2.12. The van der Waals surface area contributed by atoms with Crippen molar-refractivity contribution in [2.75, 3.05) is 11.1 Å². The van der Waals surface area contributed by atoms with Crippen molar-refractivity contribution in [1.29, 1.82) is 0 Å². The number of amides is 3. The van der Waals surface area contributed by atoms with Gasteiger partial charge < -0.3 is 21.7 Å². The SMILES string of the molecule is Cc1ccc(CNC(=O)NCc2ccc(C(=O)Nc3ccnc(N)c3)cc2)cc1. The van der Waals surface area contributed by atoms with Gasteiger partial charge >= 0.3 is 6.03 Å². The van der Waals surface area contributed by atoms with Crippen molar-refractivity contribution in [3.63, 3.8) is 0 Å². The molecule has 29 heavy (non-hydrogen) atoms. The van der Waals surface area contributed by atoms with E-state index in [4.69, 9.17) is 5.73 Å². The Morgan fingerprint density at radius 2 is 1.48 bits per heavy atom. The largest absolute Gasteiger partial charge is 0.384 e. The molecule has 0 atom stereocenters. The van der Waals surface area contributed by atoms with Crippen LogP contribution in [0.2, 0.25) is 0 Å². The first-order chi connectivity index (χ1) is 14.0. The number of aryl methyl sites for hydroxylation is 1. The quantitative estimate of drug-likeness (QED) is 0.519. The van der Waals surface area contributed by atoms with E-state index < -0.39 is 0 Å². The van der Waals surface area contributed by atoms with Crippen LogP contribution in [0.5, 0.6) is 0 Å². The molecule has 148 valence electrons. The van der Waals surface area contributed by atoms with E-state index in [9.17, 15) is 9.59 Å². The Labute approximate surface area is 169 Å². The molecule has 0 saturated heterocycles. The van der Waals surface area contributed by atoms with E-state index in [-0.39, 0.29) is 11.9 Å². The van der Waals surface area contributed by atoms with E-state index in [2.05, 4.69) is 20.9 Å². The number of carbonyl (C=O) groups excluding carboxylic acids is 2. The van der Waals surface area contributed by atoms with E-state index in [0.717, 1.165) is 11.1 Å². The Morgan fingerprint density at radius 3 is 2.07 bits per heavy atom. The van der Waals surface area contributed by atoms with Crippen LogP contribution in [-0.2, 0) is 13.1 Å². The number of carbonyl (C=O) groups is 2. The zero-order valence-corrected chi connectivity index (χ0v) is 16.1. The molecule has 0 aliphatic rings. The standard InChI is InChI=1S/C22H23N5O2/c1-15-2-4-16(5-3-15)13-25-22(29)26-14-17-6-8-18(9-7-17)21(28)27-19-10-11-24-20(23)12-19/h2-12H,13-14H2,1H3,(H2,25,26,29)(H3,23,24,27,28). The van der Waals surface area contributed by atoms with Crippen LogP contribution in [0.25, 0.3) is 0 Å². The minimum absolute atomic E-state index is 0.244. The van der Waals surface area contributed by atoms with Crippen molar-refractivity contribution >= 4 is 23.4 Å². The van der Waals surface area contributed by atoms with Crippen molar-refractivity contribution < 1.29 is 9.59 Å². The monoisotopic (exact) mass is 389 g/mol. The maximum atomic E-state index is 12.3. The number of nitrogens with zero attached hydrogens (tertiary/aromatic N) is 1. The third-order valence-electron chi connectivity index (χ3n) is 4.28. The summed E-state index contributed by atoms with van der Waals surface area (Å²) in [6.45, 7) is 2.85. The van der Waals surface area contributed by atoms with Gasteiger partial charge in [0.1, 0.15) is 5.82 Å². The van der Waals surface area contributed by atoms with Crippen LogP contribution in [0.15, 0.2) is 66.9 Å². The Balaban J connectivity index is 1.46. The average Bonchev–Trinajstić information content (AvgIpc) is 2.72. The van der Waals surface area contributed by atoms with Crippen LogP contribution in [0, 0.1) is 6.92 Å². The Hall–Kier alpha value is -3.87. The van der Waals surface area contributed by atoms with E-state index in [1.807, 2.05) is 31.2 Å². The number of rotatable bonds is 6. The molecule has 7 heteroatoms. The van der Waals surface area contributed by atoms with E-state index in [1.54, 1.807) is 36.4 Å². The summed E-state index contributed by atoms with van der Waals surface area (Å²) < 4.78 is 0. The van der Waals surface area contributed by atoms with Gasteiger partial charge in [0.05, 0.1) is 0 Å². The smallest absolute Gasteiger partial charge is 0.315 e. The summed E-state index contributed by atoms with van der Waals surface area (Å²) in [5.74, 6) is 0.0934. The second-order valence-electron chi connectivity index (χ2n) is 6.64. The number of anilines is 2. The summed E-state index contributed by atoms with van der Waals surface area (Å²) >= 11 is 0. The molecule has 1 heterocycles. The Bertz CT molecular complexity index is 985. The van der Waals surface area contributed by atoms with Crippen LogP contribution in [0.4, 0.5) is 16.3 Å². The third kappa shape index (κ3) is 6.07. The summed E-state index contributed by atoms with van der Waals surface area (Å²) in [6, 6.07) is 18.0. The van der Waals surface area contributed by atoms with Gasteiger partial charge in [0, 0.05) is 36.6 Å². The van der Waals surface area contributed by atoms with Crippen LogP contribution in [-0.4, -0.2) is 16.9 Å². The van der Waals surface area contributed by atoms with Gasteiger partial charge in [-0.1, -0.05) is 42.0 Å². The molecule has 0 saturated carbocycles. The highest BCUT2D eigenvalue weighted by Gasteiger charge is 2.07. The van der Waals surface area contributed by atoms with Crippen molar-refractivity contribution in [1.82, 2.24) is 15.6 Å². The molecule has 0 aliphatic carbocycles. The lowest BCUT2D eigenvalue weighted by Gasteiger charge is -2.09. The molecule has 3 rings (SSSR count). The molecule has 3 amide bonds. The van der Waals surface area contributed by atoms with Crippen molar-refractivity contribution in [2.24, 2.45) is 0 Å². The summed E-state index contributed by atoms with van der Waals surface area (Å²) in [5.41, 5.74) is 9.81. The van der Waals surface area contributed by atoms with Gasteiger partial charge in [-0.05, 0) is 36.2 Å². The normalized spacial score (nSPS) is 10.2. The van der Waals surface area contributed by atoms with Crippen molar-refractivity contribution in [2.45, 2.75) is 20.0 Å². The van der Waals surface area contributed by atoms with Crippen LogP contribution in [0.1, 0.15) is 27.0 Å². The van der Waals surface area contributed by atoms with E-state index in [1.165, 1.54) is 11.8 Å². The number of nitrogens with one attached hydrogen (secondary N) is 3. The number of nitrogen functional groups attached to an aromatic ring is 1. The predicted molar refractivity (Wildman–Crippen MR) is 113 cm³/mol. The lowest BCUT2D eigenvalue weighted by molar-refractivity contribution is 0.102. The van der Waals surface area contributed by atoms with E-state index in [0.29, 0.717) is 30.2 Å². The lowest BCUT2D eigenvalue weighted by Crippen LogP contribution is -2.34. The Kier molecular flexibility index (Phi) is 6.42. The van der Waals surface area contributed by atoms with Crippen molar-refractivity contribution in [3.8, 4) is 0 Å². The summed E-state index contributed by atoms with van der Waals surface area (Å²) in [4.78, 5) is 28.1. The molecule has 1 aromatic heterocycles. The number of urea groups is 1. The van der Waals surface area contributed by atoms with Gasteiger partial charge in [0.2, 0.25) is 0 Å². The topological polar surface area (TPSA) is 109 Å². The maximum Gasteiger partial charge on any atom is 0.315 e. The third-order valence-corrected chi connectivity index (χ3v) is 4.28. The predicted octanol–water partition coefficient (Wildman–Crippen LogP) is 3.22. The molecule has 0 unspecified atom stereocenters. The molecule has 0 bridgehead atoms. The molecule has 5 N–H and O–H groups in total. The first-order valence-corrected chi connectivity index (χ1v) is 9.19. The van der Waals surface area contributed by atoms with Crippen LogP contribution >= 0.6 is 0 Å². The first kappa shape index (κ1) is 19.9. The molecule has 0 aliphatic heterocycles. The fourth-order valence-electron chi connectivity index (χ4n) is 2.64. The zero-order valence-electron chi connectivity index (χ0n) is 16.1. The van der Waals surface area contributed by atoms with E-state index >= 15 is 0 Å². The minimum Gasteiger partial charge on any atom is -0.384 e. The van der Waals surface area contributed by atoms with Crippen LogP contribution in [0.3, 0.4) is 0 Å². The van der Waals surface area contributed by atoms with Crippen LogP contribution < -0.4 is 21.7 Å². The second-order valence-corrected chi connectivity index (χ2v) is 6.64. The van der Waals surface area contributed by atoms with Gasteiger partial charge in [0.15, 0.2) is 0 Å². The highest BCUT2D eigenvalue weighted by atomic mass is 16.2. The number of benzene rings is 2. The molecule has 2 aromatic carbocycles. The fraction of sp³-hybridized carbons (Fsp3) is 0.136. The molecular formula is C22H23N5O2. The summed E-state index contributed by atoms with van der Waals surface area (Å²) in [6.07, 6.45) is 1.53. The number of hydrogen-bond donors (Lipinski definition) is 4.